The third-order valence-electron chi connectivity index (χ3n) is 10.3. The predicted molar refractivity (Wildman–Crippen MR) is 133 cm³/mol. The average Bonchev–Trinajstić information content (AvgIpc) is 3.65. The zero-order chi connectivity index (χ0) is 26.9. The second-order valence-corrected chi connectivity index (χ2v) is 12.0. The lowest BCUT2D eigenvalue weighted by Crippen LogP contribution is -2.66. The van der Waals surface area contributed by atoms with E-state index in [0.29, 0.717) is 37.9 Å². The first-order valence-corrected chi connectivity index (χ1v) is 13.6. The molecule has 9 heteroatoms. The van der Waals surface area contributed by atoms with Crippen LogP contribution in [0.5, 0.6) is 0 Å². The molecule has 0 aromatic carbocycles. The maximum Gasteiger partial charge on any atom is 0.330 e. The van der Waals surface area contributed by atoms with Gasteiger partial charge >= 0.3 is 11.9 Å². The van der Waals surface area contributed by atoms with E-state index in [9.17, 15) is 19.5 Å². The Labute approximate surface area is 222 Å². The van der Waals surface area contributed by atoms with Crippen molar-refractivity contribution in [2.24, 2.45) is 10.8 Å². The lowest BCUT2D eigenvalue weighted by molar-refractivity contribution is -0.232. The number of cyclic esters (lactones) is 1. The van der Waals surface area contributed by atoms with E-state index in [1.165, 1.54) is 24.6 Å². The van der Waals surface area contributed by atoms with Gasteiger partial charge in [-0.1, -0.05) is 24.6 Å². The summed E-state index contributed by atoms with van der Waals surface area (Å²) in [6, 6.07) is 0. The van der Waals surface area contributed by atoms with Crippen LogP contribution in [-0.4, -0.2) is 78.3 Å². The number of hydrogen-bond acceptors (Lipinski definition) is 9. The molecule has 4 fully saturated rings. The van der Waals surface area contributed by atoms with E-state index in [4.69, 9.17) is 23.7 Å². The van der Waals surface area contributed by atoms with Gasteiger partial charge in [-0.3, -0.25) is 4.79 Å². The number of rotatable bonds is 1. The molecule has 206 valence electrons. The Morgan fingerprint density at radius 2 is 1.87 bits per heavy atom. The van der Waals surface area contributed by atoms with Crippen LogP contribution in [0.3, 0.4) is 0 Å². The topological polar surface area (TPSA) is 121 Å². The number of Topliss-reactive ketones (excluding diaryl/α,β-unsaturated/α-hetero) is 1. The molecule has 4 aliphatic heterocycles. The maximum atomic E-state index is 13.2. The van der Waals surface area contributed by atoms with Gasteiger partial charge in [-0.05, 0) is 51.5 Å². The molecule has 0 radical (unpaired) electrons. The van der Waals surface area contributed by atoms with Gasteiger partial charge < -0.3 is 28.8 Å². The van der Waals surface area contributed by atoms with Crippen molar-refractivity contribution in [1.29, 1.82) is 0 Å². The van der Waals surface area contributed by atoms with E-state index in [1.807, 2.05) is 0 Å². The summed E-state index contributed by atoms with van der Waals surface area (Å²) in [4.78, 5) is 38.9. The molecule has 8 atom stereocenters. The molecule has 0 aromatic rings. The van der Waals surface area contributed by atoms with Crippen molar-refractivity contribution in [3.8, 4) is 0 Å². The van der Waals surface area contributed by atoms with Crippen molar-refractivity contribution in [2.45, 2.75) is 94.9 Å². The number of epoxide rings is 1. The summed E-state index contributed by atoms with van der Waals surface area (Å²) in [7, 11) is 0. The van der Waals surface area contributed by atoms with Crippen molar-refractivity contribution in [1.82, 2.24) is 0 Å². The Balaban J connectivity index is 1.42. The molecule has 1 saturated carbocycles. The van der Waals surface area contributed by atoms with E-state index < -0.39 is 46.2 Å². The number of ketones is 1. The second-order valence-electron chi connectivity index (χ2n) is 12.0. The lowest BCUT2D eigenvalue weighted by atomic mass is 9.51. The standard InChI is InChI=1S/C29H36O9/c1-17-7-10-27-15-34-24(32)13-19-8-11-35-28(18(2)30,25(19)33)9-5-4-6-23(31)38-20-14-22(37-21(27)12-17)29(16-36-29)26(20,27)3/h4,6,12-13,20-22,25,33H,5,7-11,14-16H2,1-3H3/b6-4-,19-13-/t20-,21-,22-,25-,26-,27-,28-,29?/m1/s1. The maximum absolute atomic E-state index is 13.2. The molecule has 2 aliphatic carbocycles. The fourth-order valence-corrected chi connectivity index (χ4v) is 7.88. The van der Waals surface area contributed by atoms with Crippen molar-refractivity contribution in [3.63, 3.8) is 0 Å². The molecule has 0 amide bonds. The summed E-state index contributed by atoms with van der Waals surface area (Å²) < 4.78 is 30.6. The van der Waals surface area contributed by atoms with Gasteiger partial charge in [0.1, 0.15) is 24.4 Å². The Hall–Kier alpha value is -2.33. The smallest absolute Gasteiger partial charge is 0.330 e. The Kier molecular flexibility index (Phi) is 6.03. The molecule has 1 unspecified atom stereocenters. The largest absolute Gasteiger partial charge is 0.462 e. The van der Waals surface area contributed by atoms with Gasteiger partial charge in [0, 0.05) is 24.0 Å². The molecule has 2 spiro atoms. The number of ether oxygens (including phenoxy) is 5. The number of fused-ring (bicyclic) bond motifs is 2. The molecule has 9 nitrogen and oxygen atoms in total. The third-order valence-corrected chi connectivity index (χ3v) is 10.3. The minimum absolute atomic E-state index is 0.0483. The number of aliphatic hydroxyl groups is 1. The summed E-state index contributed by atoms with van der Waals surface area (Å²) >= 11 is 0. The van der Waals surface area contributed by atoms with E-state index in [-0.39, 0.29) is 37.6 Å². The summed E-state index contributed by atoms with van der Waals surface area (Å²) in [5.74, 6) is -1.41. The number of esters is 2. The average molecular weight is 529 g/mol. The highest BCUT2D eigenvalue weighted by Crippen LogP contribution is 2.72. The van der Waals surface area contributed by atoms with Gasteiger partial charge in [-0.15, -0.1) is 0 Å². The van der Waals surface area contributed by atoms with Crippen LogP contribution in [0.25, 0.3) is 0 Å². The first-order chi connectivity index (χ1) is 18.1. The van der Waals surface area contributed by atoms with Crippen molar-refractivity contribution >= 4 is 17.7 Å². The van der Waals surface area contributed by atoms with Gasteiger partial charge in [0.05, 0.1) is 30.8 Å². The molecule has 6 aliphatic rings. The Morgan fingerprint density at radius 3 is 2.61 bits per heavy atom. The molecular weight excluding hydrogens is 492 g/mol. The van der Waals surface area contributed by atoms with Crippen LogP contribution in [0.1, 0.15) is 59.3 Å². The molecular formula is C29H36O9. The summed E-state index contributed by atoms with van der Waals surface area (Å²) in [5.41, 5.74) is -1.77. The first-order valence-electron chi connectivity index (χ1n) is 13.6. The predicted octanol–water partition coefficient (Wildman–Crippen LogP) is 2.50. The van der Waals surface area contributed by atoms with Crippen LogP contribution >= 0.6 is 0 Å². The second kappa shape index (κ2) is 8.84. The highest BCUT2D eigenvalue weighted by Gasteiger charge is 2.83. The number of hydrogen-bond donors (Lipinski definition) is 1. The zero-order valence-electron chi connectivity index (χ0n) is 22.2. The molecule has 6 rings (SSSR count). The minimum atomic E-state index is -1.49. The molecule has 4 heterocycles. The number of carbonyl (C=O) groups excluding carboxylic acids is 3. The van der Waals surface area contributed by atoms with E-state index in [1.54, 1.807) is 6.08 Å². The van der Waals surface area contributed by atoms with Crippen LogP contribution in [0.2, 0.25) is 0 Å². The number of aliphatic hydroxyl groups excluding tert-OH is 1. The highest BCUT2D eigenvalue weighted by atomic mass is 16.6. The fraction of sp³-hybridized carbons (Fsp3) is 0.690. The fourth-order valence-electron chi connectivity index (χ4n) is 7.88. The molecule has 3 saturated heterocycles. The quantitative estimate of drug-likeness (QED) is 0.311. The van der Waals surface area contributed by atoms with Crippen LogP contribution < -0.4 is 0 Å². The van der Waals surface area contributed by atoms with Gasteiger partial charge in [0.15, 0.2) is 11.4 Å². The normalized spacial score (nSPS) is 48.6. The van der Waals surface area contributed by atoms with Crippen LogP contribution in [0, 0.1) is 10.8 Å². The van der Waals surface area contributed by atoms with Crippen molar-refractivity contribution in [3.05, 3.63) is 35.5 Å². The molecule has 38 heavy (non-hydrogen) atoms. The third kappa shape index (κ3) is 3.48. The SMILES string of the molecule is CC(=O)[C@@]12CC/C=C\C(=O)O[C@@H]3C[C@H]4O[C@@H]5C=C(C)CC[C@]5(COC(=O)/C=C(/CCO1)[C@H]2O)[C@]3(C)C41CO1. The van der Waals surface area contributed by atoms with Gasteiger partial charge in [0.2, 0.25) is 0 Å². The van der Waals surface area contributed by atoms with Gasteiger partial charge in [-0.25, -0.2) is 9.59 Å². The van der Waals surface area contributed by atoms with Crippen LogP contribution in [0.15, 0.2) is 35.5 Å². The Morgan fingerprint density at radius 1 is 1.08 bits per heavy atom. The van der Waals surface area contributed by atoms with Crippen molar-refractivity contribution < 1.29 is 43.2 Å². The van der Waals surface area contributed by atoms with Crippen LogP contribution in [-0.2, 0) is 38.1 Å². The van der Waals surface area contributed by atoms with E-state index >= 15 is 0 Å². The molecule has 1 N–H and O–H groups in total. The summed E-state index contributed by atoms with van der Waals surface area (Å²) in [6.07, 6.45) is 6.90. The highest BCUT2D eigenvalue weighted by molar-refractivity contribution is 5.88. The summed E-state index contributed by atoms with van der Waals surface area (Å²) in [5, 5.41) is 11.2. The monoisotopic (exact) mass is 528 g/mol. The number of allylic oxidation sites excluding steroid dienone is 2. The van der Waals surface area contributed by atoms with Crippen molar-refractivity contribution in [2.75, 3.05) is 19.8 Å². The van der Waals surface area contributed by atoms with Gasteiger partial charge in [-0.2, -0.15) is 0 Å². The minimum Gasteiger partial charge on any atom is -0.462 e. The van der Waals surface area contributed by atoms with E-state index in [0.717, 1.165) is 6.42 Å². The Bertz CT molecular complexity index is 1150. The van der Waals surface area contributed by atoms with E-state index in [2.05, 4.69) is 19.9 Å². The number of carbonyl (C=O) groups is 3. The molecule has 4 bridgehead atoms. The summed E-state index contributed by atoms with van der Waals surface area (Å²) in [6.45, 7) is 6.28. The lowest BCUT2D eigenvalue weighted by Gasteiger charge is -2.58. The zero-order valence-corrected chi connectivity index (χ0v) is 22.2. The molecule has 0 aromatic heterocycles. The van der Waals surface area contributed by atoms with Crippen LogP contribution in [0.4, 0.5) is 0 Å². The first kappa shape index (κ1) is 25.9. The van der Waals surface area contributed by atoms with Gasteiger partial charge in [0.25, 0.3) is 0 Å².